The number of carbonyl (C=O) groups is 2. The lowest BCUT2D eigenvalue weighted by Crippen LogP contribution is -2.47. The number of carbonyl (C=O) groups excluding carboxylic acids is 1. The fourth-order valence-electron chi connectivity index (χ4n) is 2.50. The molecule has 0 aromatic heterocycles. The van der Waals surface area contributed by atoms with Crippen molar-refractivity contribution in [1.29, 1.82) is 0 Å². The lowest BCUT2D eigenvalue weighted by Gasteiger charge is -2.39. The van der Waals surface area contributed by atoms with Crippen LogP contribution in [0.25, 0.3) is 0 Å². The van der Waals surface area contributed by atoms with E-state index in [1.54, 1.807) is 12.1 Å². The minimum Gasteiger partial charge on any atom is -0.481 e. The van der Waals surface area contributed by atoms with Gasteiger partial charge in [-0.05, 0) is 30.5 Å². The minimum atomic E-state index is -4.76. The Bertz CT molecular complexity index is 641. The van der Waals surface area contributed by atoms with Gasteiger partial charge in [0.05, 0.1) is 4.90 Å². The minimum absolute atomic E-state index is 0.00839. The Morgan fingerprint density at radius 1 is 1.08 bits per heavy atom. The van der Waals surface area contributed by atoms with Gasteiger partial charge in [-0.15, -0.1) is 0 Å². The van der Waals surface area contributed by atoms with Gasteiger partial charge in [0.2, 0.25) is 0 Å². The van der Waals surface area contributed by atoms with Crippen LogP contribution in [0.4, 0.5) is 4.79 Å². The van der Waals surface area contributed by atoms with Gasteiger partial charge in [0, 0.05) is 12.2 Å². The molecule has 6 nitrogen and oxygen atoms in total. The van der Waals surface area contributed by atoms with E-state index in [0.29, 0.717) is 12.8 Å². The molecular formula is C17H27NO5S. The Labute approximate surface area is 142 Å². The Morgan fingerprint density at radius 3 is 2.17 bits per heavy atom. The summed E-state index contributed by atoms with van der Waals surface area (Å²) < 4.78 is 23.8. The third-order valence-corrected chi connectivity index (χ3v) is 7.20. The van der Waals surface area contributed by atoms with Crippen LogP contribution in [0, 0.1) is 0 Å². The molecule has 7 heteroatoms. The van der Waals surface area contributed by atoms with E-state index in [9.17, 15) is 18.4 Å². The monoisotopic (exact) mass is 357 g/mol. The highest BCUT2D eigenvalue weighted by atomic mass is 32.3. The van der Waals surface area contributed by atoms with E-state index in [2.05, 4.69) is 6.92 Å². The number of rotatable bonds is 10. The summed E-state index contributed by atoms with van der Waals surface area (Å²) >= 11 is 0. The maximum Gasteiger partial charge on any atom is 0.331 e. The van der Waals surface area contributed by atoms with Crippen molar-refractivity contribution in [2.75, 3.05) is 5.75 Å². The molecule has 1 aromatic rings. The van der Waals surface area contributed by atoms with Gasteiger partial charge in [0.15, 0.2) is 0 Å². The normalized spacial score (nSPS) is 13.2. The first-order chi connectivity index (χ1) is 11.2. The van der Waals surface area contributed by atoms with Gasteiger partial charge in [-0.3, -0.25) is 14.1 Å². The number of hydrogen-bond acceptors (Lipinski definition) is 3. The Hall–Kier alpha value is -1.73. The predicted octanol–water partition coefficient (Wildman–Crippen LogP) is 3.40. The third-order valence-electron chi connectivity index (χ3n) is 4.08. The van der Waals surface area contributed by atoms with Crippen molar-refractivity contribution >= 4 is 20.6 Å². The summed E-state index contributed by atoms with van der Waals surface area (Å²) in [5, 5.41) is 7.48. The van der Waals surface area contributed by atoms with Crippen LogP contribution in [-0.2, 0) is 20.6 Å². The largest absolute Gasteiger partial charge is 0.481 e. The molecule has 4 N–H and O–H groups in total. The number of hydrogen-bond donors (Lipinski definition) is 3. The summed E-state index contributed by atoms with van der Waals surface area (Å²) in [6, 6.07) is 5.95. The molecule has 0 aliphatic carbocycles. The molecule has 24 heavy (non-hydrogen) atoms. The number of carboxylic acids is 1. The van der Waals surface area contributed by atoms with E-state index in [1.807, 2.05) is 0 Å². The number of aryl methyl sites for hydroxylation is 1. The van der Waals surface area contributed by atoms with Crippen molar-refractivity contribution in [2.24, 2.45) is 5.73 Å². The number of amides is 1. The number of carboxylic acid groups (broad SMARTS) is 1. The molecule has 136 valence electrons. The van der Waals surface area contributed by atoms with Crippen LogP contribution in [0.3, 0.4) is 0 Å². The van der Waals surface area contributed by atoms with Crippen molar-refractivity contribution in [3.63, 3.8) is 0 Å². The van der Waals surface area contributed by atoms with E-state index in [4.69, 9.17) is 10.8 Å². The lowest BCUT2D eigenvalue weighted by molar-refractivity contribution is -0.136. The molecule has 1 rings (SSSR count). The van der Waals surface area contributed by atoms with Gasteiger partial charge in [-0.2, -0.15) is 4.21 Å². The fraction of sp³-hybridized carbons (Fsp3) is 0.529. The molecule has 0 saturated heterocycles. The lowest BCUT2D eigenvalue weighted by atomic mass is 10.1. The van der Waals surface area contributed by atoms with Crippen LogP contribution in [0.2, 0.25) is 0 Å². The zero-order chi connectivity index (χ0) is 18.2. The van der Waals surface area contributed by atoms with Gasteiger partial charge in [0.1, 0.15) is 0 Å². The van der Waals surface area contributed by atoms with Crippen LogP contribution in [0.15, 0.2) is 29.2 Å². The van der Waals surface area contributed by atoms with Gasteiger partial charge >= 0.3 is 11.2 Å². The van der Waals surface area contributed by atoms with Crippen LogP contribution in [0.5, 0.6) is 0 Å². The van der Waals surface area contributed by atoms with Crippen LogP contribution >= 0.6 is 0 Å². The van der Waals surface area contributed by atoms with Crippen LogP contribution in [-0.4, -0.2) is 30.8 Å². The van der Waals surface area contributed by atoms with Crippen molar-refractivity contribution in [3.05, 3.63) is 29.8 Å². The van der Waals surface area contributed by atoms with Gasteiger partial charge in [-0.1, -0.05) is 54.1 Å². The molecule has 0 atom stereocenters. The second-order valence-electron chi connectivity index (χ2n) is 6.04. The second-order valence-corrected chi connectivity index (χ2v) is 9.44. The molecule has 0 bridgehead atoms. The molecule has 0 aliphatic rings. The SMILES string of the molecule is CCCCCCCS(=O)(O)(C(N)=O)c1ccc(CCC(=O)O)cc1. The Balaban J connectivity index is 2.91. The summed E-state index contributed by atoms with van der Waals surface area (Å²) in [4.78, 5) is 22.4. The van der Waals surface area contributed by atoms with Crippen molar-refractivity contribution in [3.8, 4) is 0 Å². The number of primary amides is 1. The van der Waals surface area contributed by atoms with Gasteiger partial charge in [0.25, 0.3) is 0 Å². The van der Waals surface area contributed by atoms with E-state index >= 15 is 0 Å². The zero-order valence-electron chi connectivity index (χ0n) is 14.1. The molecular weight excluding hydrogens is 330 g/mol. The van der Waals surface area contributed by atoms with Gasteiger partial charge < -0.3 is 10.8 Å². The molecule has 0 aliphatic heterocycles. The summed E-state index contributed by atoms with van der Waals surface area (Å²) in [6.45, 7) is 2.08. The van der Waals surface area contributed by atoms with Crippen molar-refractivity contribution < 1.29 is 23.5 Å². The summed E-state index contributed by atoms with van der Waals surface area (Å²) in [5.41, 5.74) is 6.01. The predicted molar refractivity (Wildman–Crippen MR) is 94.6 cm³/mol. The van der Waals surface area contributed by atoms with E-state index in [1.165, 1.54) is 12.1 Å². The van der Waals surface area contributed by atoms with E-state index < -0.39 is 20.6 Å². The summed E-state index contributed by atoms with van der Waals surface area (Å²) in [6.07, 6.45) is 4.58. The van der Waals surface area contributed by atoms with Crippen LogP contribution in [0.1, 0.15) is 51.0 Å². The van der Waals surface area contributed by atoms with Crippen LogP contribution < -0.4 is 5.73 Å². The van der Waals surface area contributed by atoms with Crippen molar-refractivity contribution in [2.45, 2.75) is 56.8 Å². The summed E-state index contributed by atoms with van der Waals surface area (Å²) in [5.74, 6) is -1.09. The number of unbranched alkanes of at least 4 members (excludes halogenated alkanes) is 4. The highest BCUT2D eigenvalue weighted by Crippen LogP contribution is 2.34. The smallest absolute Gasteiger partial charge is 0.331 e. The molecule has 0 radical (unpaired) electrons. The molecule has 0 saturated carbocycles. The number of nitrogens with two attached hydrogens (primary N) is 1. The zero-order valence-corrected chi connectivity index (χ0v) is 14.9. The summed E-state index contributed by atoms with van der Waals surface area (Å²) in [7, 11) is -4.76. The quantitative estimate of drug-likeness (QED) is 0.555. The second kappa shape index (κ2) is 8.39. The molecule has 0 heterocycles. The topological polar surface area (TPSA) is 118 Å². The van der Waals surface area contributed by atoms with Gasteiger partial charge in [-0.25, -0.2) is 0 Å². The van der Waals surface area contributed by atoms with E-state index in [-0.39, 0.29) is 17.1 Å². The molecule has 0 fully saturated rings. The average molecular weight is 357 g/mol. The average Bonchev–Trinajstić information content (AvgIpc) is 2.53. The first kappa shape index (κ1) is 20.3. The number of benzene rings is 1. The first-order valence-electron chi connectivity index (χ1n) is 8.20. The molecule has 0 unspecified atom stereocenters. The van der Waals surface area contributed by atoms with E-state index in [0.717, 1.165) is 31.2 Å². The third kappa shape index (κ3) is 5.14. The molecule has 1 amide bonds. The maximum atomic E-state index is 13.1. The Morgan fingerprint density at radius 2 is 1.67 bits per heavy atom. The number of aliphatic carboxylic acids is 1. The molecule has 1 aromatic carbocycles. The highest BCUT2D eigenvalue weighted by molar-refractivity contribution is 8.27. The molecule has 0 spiro atoms. The highest BCUT2D eigenvalue weighted by Gasteiger charge is 2.36. The van der Waals surface area contributed by atoms with Crippen molar-refractivity contribution in [1.82, 2.24) is 0 Å². The maximum absolute atomic E-state index is 13.1. The first-order valence-corrected chi connectivity index (χ1v) is 10.3. The Kier molecular flexibility index (Phi) is 7.10. The fourth-order valence-corrected chi connectivity index (χ4v) is 4.60. The standard InChI is InChI=1S/C17H27NO5S/c1-2-3-4-5-6-13-24(22,23,17(18)21)15-10-7-14(8-11-15)9-12-16(19)20/h7-8,10-11H,2-6,9,12-13H2,1H3,(H2,18,21)(H,19,20)(H,22,23).